The van der Waals surface area contributed by atoms with Crippen molar-refractivity contribution < 1.29 is 4.79 Å². The van der Waals surface area contributed by atoms with Crippen LogP contribution in [0.3, 0.4) is 0 Å². The number of H-pyrrole nitrogens is 1. The van der Waals surface area contributed by atoms with E-state index in [4.69, 9.17) is 0 Å². The van der Waals surface area contributed by atoms with Crippen molar-refractivity contribution in [3.63, 3.8) is 0 Å². The van der Waals surface area contributed by atoms with E-state index in [1.54, 1.807) is 0 Å². The second kappa shape index (κ2) is 10.9. The van der Waals surface area contributed by atoms with Gasteiger partial charge in [-0.3, -0.25) is 9.59 Å². The summed E-state index contributed by atoms with van der Waals surface area (Å²) in [6, 6.07) is 4.62. The van der Waals surface area contributed by atoms with Crippen LogP contribution in [0.5, 0.6) is 0 Å². The van der Waals surface area contributed by atoms with Gasteiger partial charge in [0.25, 0.3) is 11.5 Å². The van der Waals surface area contributed by atoms with Gasteiger partial charge in [-0.15, -0.1) is 0 Å². The smallest absolute Gasteiger partial charge is 0.253 e. The van der Waals surface area contributed by atoms with Crippen LogP contribution in [0.2, 0.25) is 0 Å². The zero-order chi connectivity index (χ0) is 24.3. The molecule has 1 heterocycles. The molecule has 0 saturated heterocycles. The summed E-state index contributed by atoms with van der Waals surface area (Å²) < 4.78 is 0.943. The number of pyridine rings is 1. The molecule has 0 radical (unpaired) electrons. The fraction of sp³-hybridized carbons (Fsp3) is 0.556. The lowest BCUT2D eigenvalue weighted by Gasteiger charge is -2.39. The first kappa shape index (κ1) is 25.5. The lowest BCUT2D eigenvalue weighted by molar-refractivity contribution is 0.0949. The molecular weight excluding hydrogens is 478 g/mol. The van der Waals surface area contributed by atoms with E-state index >= 15 is 0 Å². The quantitative estimate of drug-likeness (QED) is 0.468. The number of hydrogen-bond donors (Lipinski definition) is 2. The monoisotopic (exact) mass is 515 g/mol. The molecule has 1 aromatic carbocycles. The third-order valence-electron chi connectivity index (χ3n) is 7.39. The Morgan fingerprint density at radius 3 is 2.33 bits per heavy atom. The van der Waals surface area contributed by atoms with Gasteiger partial charge in [0.1, 0.15) is 0 Å². The number of aryl methyl sites for hydroxylation is 2. The Morgan fingerprint density at radius 1 is 1.09 bits per heavy atom. The summed E-state index contributed by atoms with van der Waals surface area (Å²) in [7, 11) is 0. The Hall–Kier alpha value is -2.08. The van der Waals surface area contributed by atoms with Crippen LogP contribution in [0, 0.1) is 33.6 Å². The van der Waals surface area contributed by atoms with Gasteiger partial charge in [0, 0.05) is 46.1 Å². The number of aromatic nitrogens is 1. The molecule has 1 saturated carbocycles. The molecule has 0 atom stereocenters. The number of carbonyl (C=O) groups excluding carboxylic acids is 1. The lowest BCUT2D eigenvalue weighted by atomic mass is 9.83. The number of anilines is 1. The number of nitrogens with zero attached hydrogens (tertiary/aromatic N) is 1. The van der Waals surface area contributed by atoms with Crippen molar-refractivity contribution in [3.05, 3.63) is 60.5 Å². The van der Waals surface area contributed by atoms with Gasteiger partial charge in [-0.1, -0.05) is 29.3 Å². The number of nitrogens with one attached hydrogen (secondary N) is 2. The highest BCUT2D eigenvalue weighted by Crippen LogP contribution is 2.37. The topological polar surface area (TPSA) is 65.2 Å². The molecular formula is C27H38BrN3O2. The van der Waals surface area contributed by atoms with E-state index in [9.17, 15) is 9.59 Å². The minimum atomic E-state index is -0.143. The first-order valence-corrected chi connectivity index (χ1v) is 13.0. The predicted octanol–water partition coefficient (Wildman–Crippen LogP) is 6.10. The molecule has 1 aromatic heterocycles. The zero-order valence-corrected chi connectivity index (χ0v) is 22.5. The van der Waals surface area contributed by atoms with Gasteiger partial charge in [0.15, 0.2) is 0 Å². The fourth-order valence-corrected chi connectivity index (χ4v) is 5.77. The highest BCUT2D eigenvalue weighted by molar-refractivity contribution is 9.10. The Bertz CT molecular complexity index is 1070. The summed E-state index contributed by atoms with van der Waals surface area (Å²) in [6.45, 7) is 13.4. The number of amides is 1. The molecule has 2 aromatic rings. The molecule has 3 rings (SSSR count). The van der Waals surface area contributed by atoms with Crippen LogP contribution < -0.4 is 15.8 Å². The van der Waals surface area contributed by atoms with E-state index in [0.717, 1.165) is 45.0 Å². The van der Waals surface area contributed by atoms with Crippen molar-refractivity contribution in [3.8, 4) is 0 Å². The molecule has 0 spiro atoms. The van der Waals surface area contributed by atoms with Crippen molar-refractivity contribution in [2.45, 2.75) is 86.2 Å². The van der Waals surface area contributed by atoms with Gasteiger partial charge in [-0.05, 0) is 95.0 Å². The zero-order valence-electron chi connectivity index (χ0n) is 20.9. The third-order valence-corrected chi connectivity index (χ3v) is 8.21. The molecule has 0 unspecified atom stereocenters. The van der Waals surface area contributed by atoms with Crippen LogP contribution in [-0.2, 0) is 6.54 Å². The van der Waals surface area contributed by atoms with Crippen LogP contribution in [0.25, 0.3) is 0 Å². The predicted molar refractivity (Wildman–Crippen MR) is 140 cm³/mol. The highest BCUT2D eigenvalue weighted by atomic mass is 79.9. The number of rotatable bonds is 7. The highest BCUT2D eigenvalue weighted by Gasteiger charge is 2.28. The van der Waals surface area contributed by atoms with Gasteiger partial charge in [0.05, 0.1) is 0 Å². The van der Waals surface area contributed by atoms with Crippen molar-refractivity contribution in [2.75, 3.05) is 11.4 Å². The van der Waals surface area contributed by atoms with E-state index in [1.807, 2.05) is 33.8 Å². The van der Waals surface area contributed by atoms with E-state index < -0.39 is 0 Å². The number of benzene rings is 1. The average Bonchev–Trinajstić information content (AvgIpc) is 2.77. The minimum absolute atomic E-state index is 0.141. The third kappa shape index (κ3) is 5.53. The van der Waals surface area contributed by atoms with Gasteiger partial charge in [-0.2, -0.15) is 0 Å². The van der Waals surface area contributed by atoms with Crippen molar-refractivity contribution in [1.82, 2.24) is 10.3 Å². The van der Waals surface area contributed by atoms with Crippen LogP contribution in [0.15, 0.2) is 21.4 Å². The SMILES string of the molecule is CCN(c1cc(Br)c(C)c(C(=O)NCc2c(C)cc(C)[nH]c2=O)c1C)[C@H]1CC[C@H](CC)CC1. The average molecular weight is 517 g/mol. The number of halogens is 1. The fourth-order valence-electron chi connectivity index (χ4n) is 5.35. The molecule has 180 valence electrons. The van der Waals surface area contributed by atoms with E-state index in [-0.39, 0.29) is 18.0 Å². The summed E-state index contributed by atoms with van der Waals surface area (Å²) in [5.74, 6) is 0.707. The minimum Gasteiger partial charge on any atom is -0.369 e. The van der Waals surface area contributed by atoms with Gasteiger partial charge in [-0.25, -0.2) is 0 Å². The standard InChI is InChI=1S/C27H38BrN3O2/c1-7-20-9-11-21(12-10-20)31(8-2)24-14-23(28)18(5)25(19(24)6)27(33)29-15-22-16(3)13-17(4)30-26(22)32/h13-14,20-21H,7-12,15H2,1-6H3,(H,29,33)(H,30,32)/t20-,21-. The summed E-state index contributed by atoms with van der Waals surface area (Å²) in [4.78, 5) is 31.1. The van der Waals surface area contributed by atoms with Gasteiger partial charge in [0.2, 0.25) is 0 Å². The van der Waals surface area contributed by atoms with Crippen LogP contribution in [0.4, 0.5) is 5.69 Å². The maximum absolute atomic E-state index is 13.4. The normalized spacial score (nSPS) is 18.3. The second-order valence-corrected chi connectivity index (χ2v) is 10.4. The molecule has 1 amide bonds. The van der Waals surface area contributed by atoms with Crippen molar-refractivity contribution >= 4 is 27.5 Å². The maximum Gasteiger partial charge on any atom is 0.253 e. The summed E-state index contributed by atoms with van der Waals surface area (Å²) in [5, 5.41) is 3.00. The van der Waals surface area contributed by atoms with E-state index in [0.29, 0.717) is 17.2 Å². The van der Waals surface area contributed by atoms with E-state index in [2.05, 4.69) is 51.0 Å². The van der Waals surface area contributed by atoms with Crippen molar-refractivity contribution in [2.24, 2.45) is 5.92 Å². The van der Waals surface area contributed by atoms with Gasteiger partial charge < -0.3 is 15.2 Å². The van der Waals surface area contributed by atoms with Crippen LogP contribution >= 0.6 is 15.9 Å². The van der Waals surface area contributed by atoms with Gasteiger partial charge >= 0.3 is 0 Å². The summed E-state index contributed by atoms with van der Waals surface area (Å²) >= 11 is 3.71. The van der Waals surface area contributed by atoms with E-state index in [1.165, 1.54) is 32.1 Å². The molecule has 1 fully saturated rings. The molecule has 1 aliphatic rings. The molecule has 2 N–H and O–H groups in total. The maximum atomic E-state index is 13.4. The first-order chi connectivity index (χ1) is 15.7. The lowest BCUT2D eigenvalue weighted by Crippen LogP contribution is -2.39. The first-order valence-electron chi connectivity index (χ1n) is 12.2. The molecule has 1 aliphatic carbocycles. The Balaban J connectivity index is 1.88. The number of carbonyl (C=O) groups is 1. The van der Waals surface area contributed by atoms with Crippen LogP contribution in [-0.4, -0.2) is 23.5 Å². The van der Waals surface area contributed by atoms with Crippen LogP contribution in [0.1, 0.15) is 84.3 Å². The summed E-state index contributed by atoms with van der Waals surface area (Å²) in [5.41, 5.74) is 5.92. The Morgan fingerprint density at radius 2 is 1.76 bits per heavy atom. The molecule has 33 heavy (non-hydrogen) atoms. The summed E-state index contributed by atoms with van der Waals surface area (Å²) in [6.07, 6.45) is 6.23. The number of hydrogen-bond acceptors (Lipinski definition) is 3. The molecule has 0 aliphatic heterocycles. The largest absolute Gasteiger partial charge is 0.369 e. The molecule has 0 bridgehead atoms. The second-order valence-electron chi connectivity index (χ2n) is 9.50. The Kier molecular flexibility index (Phi) is 8.43. The van der Waals surface area contributed by atoms with Crippen molar-refractivity contribution in [1.29, 1.82) is 0 Å². The number of aromatic amines is 1. The molecule has 6 heteroatoms. The Labute approximate surface area is 206 Å². The molecule has 5 nitrogen and oxygen atoms in total.